The fraction of sp³-hybridized carbons (Fsp3) is 0.238. The molecule has 0 saturated heterocycles. The first-order chi connectivity index (χ1) is 13.5. The highest BCUT2D eigenvalue weighted by Gasteiger charge is 2.08. The number of aromatic nitrogens is 3. The van der Waals surface area contributed by atoms with E-state index in [1.165, 1.54) is 23.5 Å². The molecule has 0 saturated carbocycles. The van der Waals surface area contributed by atoms with Gasteiger partial charge in [0.05, 0.1) is 28.4 Å². The van der Waals surface area contributed by atoms with Gasteiger partial charge in [-0.25, -0.2) is 9.78 Å². The number of ether oxygens (including phenoxy) is 1. The predicted molar refractivity (Wildman–Crippen MR) is 111 cm³/mol. The van der Waals surface area contributed by atoms with Crippen molar-refractivity contribution in [3.05, 3.63) is 82.3 Å². The van der Waals surface area contributed by atoms with Crippen LogP contribution in [0.3, 0.4) is 0 Å². The summed E-state index contributed by atoms with van der Waals surface area (Å²) in [6.45, 7) is 6.04. The standard InChI is InChI=1S/C13H14N2OS.C8H9NO2/c1-9-4-6-11(7-5-9)15-8-14-10(2)12(17-3)13(15)16;1-2-11-8(10)7-4-3-5-9-6-7/h4-8H,1-3H3;3-6H,2H2,1H3. The van der Waals surface area contributed by atoms with Crippen molar-refractivity contribution >= 4 is 17.7 Å². The number of thioether (sulfide) groups is 1. The van der Waals surface area contributed by atoms with Gasteiger partial charge in [0, 0.05) is 12.4 Å². The minimum atomic E-state index is -0.319. The number of aryl methyl sites for hydroxylation is 2. The maximum atomic E-state index is 12.2. The van der Waals surface area contributed by atoms with Crippen molar-refractivity contribution in [2.24, 2.45) is 0 Å². The van der Waals surface area contributed by atoms with E-state index in [0.717, 1.165) is 11.4 Å². The average Bonchev–Trinajstić information content (AvgIpc) is 2.71. The second-order valence-electron chi connectivity index (χ2n) is 5.84. The van der Waals surface area contributed by atoms with E-state index in [9.17, 15) is 9.59 Å². The molecule has 0 radical (unpaired) electrons. The van der Waals surface area contributed by atoms with Crippen LogP contribution in [0.4, 0.5) is 0 Å². The van der Waals surface area contributed by atoms with Gasteiger partial charge in [-0.3, -0.25) is 14.3 Å². The molecule has 0 aliphatic carbocycles. The molecule has 3 rings (SSSR count). The van der Waals surface area contributed by atoms with E-state index in [4.69, 9.17) is 4.74 Å². The molecule has 3 aromatic rings. The van der Waals surface area contributed by atoms with Crippen molar-refractivity contribution in [2.45, 2.75) is 25.7 Å². The number of carbonyl (C=O) groups excluding carboxylic acids is 1. The lowest BCUT2D eigenvalue weighted by Gasteiger charge is -2.08. The number of hydrogen-bond acceptors (Lipinski definition) is 6. The zero-order valence-corrected chi connectivity index (χ0v) is 17.2. The van der Waals surface area contributed by atoms with Crippen LogP contribution in [0.2, 0.25) is 0 Å². The first-order valence-corrected chi connectivity index (χ1v) is 9.96. The lowest BCUT2D eigenvalue weighted by molar-refractivity contribution is 0.0526. The van der Waals surface area contributed by atoms with E-state index in [0.29, 0.717) is 17.1 Å². The van der Waals surface area contributed by atoms with Gasteiger partial charge in [0.1, 0.15) is 6.33 Å². The van der Waals surface area contributed by atoms with Gasteiger partial charge in [-0.1, -0.05) is 17.7 Å². The fourth-order valence-electron chi connectivity index (χ4n) is 2.34. The average molecular weight is 398 g/mol. The van der Waals surface area contributed by atoms with Gasteiger partial charge in [-0.05, 0) is 51.3 Å². The van der Waals surface area contributed by atoms with Gasteiger partial charge >= 0.3 is 5.97 Å². The number of nitrogens with zero attached hydrogens (tertiary/aromatic N) is 3. The van der Waals surface area contributed by atoms with Gasteiger partial charge in [0.25, 0.3) is 5.56 Å². The third-order valence-electron chi connectivity index (χ3n) is 3.80. The van der Waals surface area contributed by atoms with E-state index >= 15 is 0 Å². The third-order valence-corrected chi connectivity index (χ3v) is 4.68. The molecule has 6 nitrogen and oxygen atoms in total. The Kier molecular flexibility index (Phi) is 7.95. The second-order valence-corrected chi connectivity index (χ2v) is 6.65. The summed E-state index contributed by atoms with van der Waals surface area (Å²) in [6, 6.07) is 11.2. The van der Waals surface area contributed by atoms with Crippen LogP contribution in [-0.4, -0.2) is 33.4 Å². The predicted octanol–water partition coefficient (Wildman–Crippen LogP) is 3.83. The molecule has 0 aliphatic heterocycles. The molecule has 2 aromatic heterocycles. The van der Waals surface area contributed by atoms with Gasteiger partial charge in [-0.15, -0.1) is 11.8 Å². The molecule has 0 atom stereocenters. The summed E-state index contributed by atoms with van der Waals surface area (Å²) in [5.41, 5.74) is 3.30. The molecule has 0 unspecified atom stereocenters. The Balaban J connectivity index is 0.000000221. The summed E-state index contributed by atoms with van der Waals surface area (Å²) in [7, 11) is 0. The fourth-order valence-corrected chi connectivity index (χ4v) is 2.96. The Bertz CT molecular complexity index is 970. The minimum Gasteiger partial charge on any atom is -0.462 e. The van der Waals surface area contributed by atoms with Crippen LogP contribution in [0.25, 0.3) is 5.69 Å². The number of benzene rings is 1. The van der Waals surface area contributed by atoms with Crippen molar-refractivity contribution in [1.29, 1.82) is 0 Å². The SMILES string of the molecule is CCOC(=O)c1cccnc1.CSc1c(C)ncn(-c2ccc(C)cc2)c1=O. The van der Waals surface area contributed by atoms with Gasteiger partial charge < -0.3 is 4.74 Å². The van der Waals surface area contributed by atoms with Crippen molar-refractivity contribution < 1.29 is 9.53 Å². The van der Waals surface area contributed by atoms with Gasteiger partial charge in [0.2, 0.25) is 0 Å². The van der Waals surface area contributed by atoms with Crippen molar-refractivity contribution in [1.82, 2.24) is 14.5 Å². The van der Waals surface area contributed by atoms with Crippen molar-refractivity contribution in [3.8, 4) is 5.69 Å². The Labute approximate surface area is 168 Å². The second kappa shape index (κ2) is 10.4. The monoisotopic (exact) mass is 397 g/mol. The number of hydrogen-bond donors (Lipinski definition) is 0. The highest BCUT2D eigenvalue weighted by Crippen LogP contribution is 2.14. The van der Waals surface area contributed by atoms with Crippen molar-refractivity contribution in [2.75, 3.05) is 12.9 Å². The number of rotatable bonds is 4. The van der Waals surface area contributed by atoms with Crippen LogP contribution < -0.4 is 5.56 Å². The zero-order chi connectivity index (χ0) is 20.5. The van der Waals surface area contributed by atoms with Crippen LogP contribution in [0.15, 0.2) is 64.8 Å². The molecule has 0 fully saturated rings. The summed E-state index contributed by atoms with van der Waals surface area (Å²) in [5, 5.41) is 0. The topological polar surface area (TPSA) is 74.1 Å². The first kappa shape index (κ1) is 21.4. The lowest BCUT2D eigenvalue weighted by atomic mass is 10.2. The molecule has 0 spiro atoms. The summed E-state index contributed by atoms with van der Waals surface area (Å²) < 4.78 is 6.33. The van der Waals surface area contributed by atoms with E-state index in [2.05, 4.69) is 9.97 Å². The molecule has 1 aromatic carbocycles. The number of pyridine rings is 1. The van der Waals surface area contributed by atoms with E-state index in [1.54, 1.807) is 36.1 Å². The molecule has 0 amide bonds. The number of carbonyl (C=O) groups is 1. The third kappa shape index (κ3) is 5.53. The molecule has 28 heavy (non-hydrogen) atoms. The summed E-state index contributed by atoms with van der Waals surface area (Å²) in [4.78, 5) is 31.9. The molecule has 7 heteroatoms. The van der Waals surface area contributed by atoms with Gasteiger partial charge in [0.15, 0.2) is 0 Å². The molecule has 0 bridgehead atoms. The molecule has 2 heterocycles. The maximum absolute atomic E-state index is 12.2. The lowest BCUT2D eigenvalue weighted by Crippen LogP contribution is -2.21. The normalized spacial score (nSPS) is 10.0. The zero-order valence-electron chi connectivity index (χ0n) is 16.4. The Morgan fingerprint density at radius 2 is 1.89 bits per heavy atom. The molecule has 0 N–H and O–H groups in total. The molecule has 146 valence electrons. The van der Waals surface area contributed by atoms with Crippen LogP contribution >= 0.6 is 11.8 Å². The van der Waals surface area contributed by atoms with Crippen LogP contribution in [0.1, 0.15) is 28.5 Å². The quantitative estimate of drug-likeness (QED) is 0.492. The summed E-state index contributed by atoms with van der Waals surface area (Å²) >= 11 is 1.44. The summed E-state index contributed by atoms with van der Waals surface area (Å²) in [6.07, 6.45) is 6.58. The van der Waals surface area contributed by atoms with E-state index in [-0.39, 0.29) is 11.5 Å². The minimum absolute atomic E-state index is 0.00569. The van der Waals surface area contributed by atoms with E-state index in [1.807, 2.05) is 44.4 Å². The Hall–Kier alpha value is -2.93. The van der Waals surface area contributed by atoms with Crippen LogP contribution in [0.5, 0.6) is 0 Å². The van der Waals surface area contributed by atoms with Gasteiger partial charge in [-0.2, -0.15) is 0 Å². The molecular formula is C21H23N3O3S. The maximum Gasteiger partial charge on any atom is 0.339 e. The summed E-state index contributed by atoms with van der Waals surface area (Å²) in [5.74, 6) is -0.319. The molecular weight excluding hydrogens is 374 g/mol. The van der Waals surface area contributed by atoms with E-state index < -0.39 is 0 Å². The first-order valence-electron chi connectivity index (χ1n) is 8.74. The molecule has 0 aliphatic rings. The Morgan fingerprint density at radius 1 is 1.18 bits per heavy atom. The highest BCUT2D eigenvalue weighted by atomic mass is 32.2. The smallest absolute Gasteiger partial charge is 0.339 e. The van der Waals surface area contributed by atoms with Crippen LogP contribution in [-0.2, 0) is 4.74 Å². The largest absolute Gasteiger partial charge is 0.462 e. The Morgan fingerprint density at radius 3 is 2.46 bits per heavy atom. The highest BCUT2D eigenvalue weighted by molar-refractivity contribution is 7.98. The van der Waals surface area contributed by atoms with Crippen LogP contribution in [0, 0.1) is 13.8 Å². The van der Waals surface area contributed by atoms with Crippen molar-refractivity contribution in [3.63, 3.8) is 0 Å². The number of esters is 1.